The van der Waals surface area contributed by atoms with Crippen LogP contribution in [0.3, 0.4) is 0 Å². The fraction of sp³-hybridized carbons (Fsp3) is 0.611. The van der Waals surface area contributed by atoms with Gasteiger partial charge in [-0.3, -0.25) is 9.69 Å². The second kappa shape index (κ2) is 6.56. The zero-order chi connectivity index (χ0) is 16.4. The molecule has 2 aliphatic rings. The highest BCUT2D eigenvalue weighted by Gasteiger charge is 2.44. The van der Waals surface area contributed by atoms with Gasteiger partial charge in [-0.05, 0) is 57.4 Å². The van der Waals surface area contributed by atoms with Crippen LogP contribution in [0.1, 0.15) is 44.6 Å². The molecule has 0 radical (unpaired) electrons. The topological polar surface area (TPSA) is 23.6 Å². The molecule has 0 unspecified atom stereocenters. The Labute approximate surface area is 136 Å². The smallest absolute Gasteiger partial charge is 0.223 e. The van der Waals surface area contributed by atoms with Gasteiger partial charge in [0.1, 0.15) is 11.6 Å². The van der Waals surface area contributed by atoms with Gasteiger partial charge in [0.05, 0.1) is 0 Å². The Balaban J connectivity index is 1.69. The molecule has 2 fully saturated rings. The van der Waals surface area contributed by atoms with E-state index in [1.54, 1.807) is 0 Å². The number of rotatable bonds is 3. The van der Waals surface area contributed by atoms with E-state index in [2.05, 4.69) is 4.90 Å². The normalized spacial score (nSPS) is 26.0. The third-order valence-corrected chi connectivity index (χ3v) is 5.41. The summed E-state index contributed by atoms with van der Waals surface area (Å²) in [4.78, 5) is 16.3. The number of hydrogen-bond donors (Lipinski definition) is 0. The average Bonchev–Trinajstić information content (AvgIpc) is 2.70. The number of halogens is 2. The summed E-state index contributed by atoms with van der Waals surface area (Å²) in [6.45, 7) is 4.91. The van der Waals surface area contributed by atoms with Crippen molar-refractivity contribution >= 4 is 5.91 Å². The summed E-state index contributed by atoms with van der Waals surface area (Å²) in [6, 6.07) is 3.63. The van der Waals surface area contributed by atoms with Crippen LogP contribution in [0.15, 0.2) is 18.2 Å². The zero-order valence-electron chi connectivity index (χ0n) is 13.7. The third-order valence-electron chi connectivity index (χ3n) is 5.41. The van der Waals surface area contributed by atoms with Crippen LogP contribution in [0.2, 0.25) is 0 Å². The van der Waals surface area contributed by atoms with Gasteiger partial charge in [0, 0.05) is 37.2 Å². The second-order valence-corrected chi connectivity index (χ2v) is 6.73. The Morgan fingerprint density at radius 3 is 2.78 bits per heavy atom. The lowest BCUT2D eigenvalue weighted by Crippen LogP contribution is -2.46. The molecular formula is C18H24F2N2O. The van der Waals surface area contributed by atoms with Crippen molar-refractivity contribution in [2.75, 3.05) is 19.6 Å². The van der Waals surface area contributed by atoms with Crippen LogP contribution in [-0.4, -0.2) is 40.9 Å². The van der Waals surface area contributed by atoms with Gasteiger partial charge in [0.2, 0.25) is 5.91 Å². The maximum Gasteiger partial charge on any atom is 0.223 e. The molecule has 1 spiro atoms. The zero-order valence-corrected chi connectivity index (χ0v) is 13.7. The predicted molar refractivity (Wildman–Crippen MR) is 84.8 cm³/mol. The highest BCUT2D eigenvalue weighted by molar-refractivity contribution is 5.79. The van der Waals surface area contributed by atoms with Gasteiger partial charge in [-0.15, -0.1) is 0 Å². The Morgan fingerprint density at radius 1 is 1.17 bits per heavy atom. The first-order chi connectivity index (χ1) is 11.0. The molecule has 0 saturated carbocycles. The minimum atomic E-state index is -0.397. The number of amides is 1. The molecule has 3 nitrogen and oxygen atoms in total. The van der Waals surface area contributed by atoms with Crippen LogP contribution in [0, 0.1) is 11.6 Å². The summed E-state index contributed by atoms with van der Waals surface area (Å²) in [5.74, 6) is -0.486. The third kappa shape index (κ3) is 3.25. The standard InChI is InChI=1S/C18H24F2N2O/c1-2-22-17(23)6-8-18(22)7-3-10-21(11-9-18)13-14-12-15(19)4-5-16(14)20/h4-5,12H,2-3,6-11,13H2,1H3/t18-/m1/s1. The predicted octanol–water partition coefficient (Wildman–Crippen LogP) is 3.33. The van der Waals surface area contributed by atoms with Gasteiger partial charge in [-0.1, -0.05) is 0 Å². The molecule has 3 rings (SSSR count). The van der Waals surface area contributed by atoms with Crippen molar-refractivity contribution in [2.24, 2.45) is 0 Å². The van der Waals surface area contributed by atoms with Crippen LogP contribution in [0.4, 0.5) is 8.78 Å². The van der Waals surface area contributed by atoms with Crippen LogP contribution in [-0.2, 0) is 11.3 Å². The van der Waals surface area contributed by atoms with E-state index in [0.717, 1.165) is 51.4 Å². The molecular weight excluding hydrogens is 298 g/mol. The van der Waals surface area contributed by atoms with Crippen LogP contribution in [0.25, 0.3) is 0 Å². The number of hydrogen-bond acceptors (Lipinski definition) is 2. The Kier molecular flexibility index (Phi) is 4.67. The van der Waals surface area contributed by atoms with Crippen molar-refractivity contribution in [2.45, 2.75) is 51.1 Å². The summed E-state index contributed by atoms with van der Waals surface area (Å²) in [5.41, 5.74) is 0.400. The highest BCUT2D eigenvalue weighted by atomic mass is 19.1. The van der Waals surface area contributed by atoms with Crippen molar-refractivity contribution < 1.29 is 13.6 Å². The lowest BCUT2D eigenvalue weighted by atomic mass is 9.88. The van der Waals surface area contributed by atoms with E-state index in [4.69, 9.17) is 0 Å². The Bertz CT molecular complexity index is 592. The minimum absolute atomic E-state index is 0.0128. The molecule has 0 aliphatic carbocycles. The number of benzene rings is 1. The molecule has 1 aromatic carbocycles. The van der Waals surface area contributed by atoms with Crippen LogP contribution < -0.4 is 0 Å². The summed E-state index contributed by atoms with van der Waals surface area (Å²) < 4.78 is 27.2. The summed E-state index contributed by atoms with van der Waals surface area (Å²) in [7, 11) is 0. The van der Waals surface area contributed by atoms with Gasteiger partial charge in [-0.25, -0.2) is 8.78 Å². The van der Waals surface area contributed by atoms with Gasteiger partial charge in [0.25, 0.3) is 0 Å². The Hall–Kier alpha value is -1.49. The molecule has 2 aliphatic heterocycles. The lowest BCUT2D eigenvalue weighted by molar-refractivity contribution is -0.131. The number of carbonyl (C=O) groups excluding carboxylic acids is 1. The van der Waals surface area contributed by atoms with E-state index in [9.17, 15) is 13.6 Å². The first-order valence-electron chi connectivity index (χ1n) is 8.51. The lowest BCUT2D eigenvalue weighted by Gasteiger charge is -2.37. The van der Waals surface area contributed by atoms with E-state index >= 15 is 0 Å². The summed E-state index contributed by atoms with van der Waals surface area (Å²) in [6.07, 6.45) is 4.49. The number of nitrogens with zero attached hydrogens (tertiary/aromatic N) is 2. The van der Waals surface area contributed by atoms with Gasteiger partial charge >= 0.3 is 0 Å². The number of likely N-dealkylation sites (tertiary alicyclic amines) is 2. The van der Waals surface area contributed by atoms with Crippen LogP contribution in [0.5, 0.6) is 0 Å². The largest absolute Gasteiger partial charge is 0.337 e. The molecule has 1 amide bonds. The quantitative estimate of drug-likeness (QED) is 0.852. The molecule has 23 heavy (non-hydrogen) atoms. The summed E-state index contributed by atoms with van der Waals surface area (Å²) >= 11 is 0. The molecule has 126 valence electrons. The van der Waals surface area contributed by atoms with Gasteiger partial charge < -0.3 is 4.90 Å². The van der Waals surface area contributed by atoms with Crippen molar-refractivity contribution in [3.8, 4) is 0 Å². The van der Waals surface area contributed by atoms with E-state index in [0.29, 0.717) is 18.5 Å². The fourth-order valence-corrected chi connectivity index (χ4v) is 4.20. The number of carbonyl (C=O) groups is 1. The summed E-state index contributed by atoms with van der Waals surface area (Å²) in [5, 5.41) is 0. The molecule has 5 heteroatoms. The molecule has 0 aromatic heterocycles. The Morgan fingerprint density at radius 2 is 2.00 bits per heavy atom. The molecule has 2 saturated heterocycles. The first-order valence-corrected chi connectivity index (χ1v) is 8.51. The first kappa shape index (κ1) is 16.4. The van der Waals surface area contributed by atoms with Crippen molar-refractivity contribution in [3.63, 3.8) is 0 Å². The molecule has 1 aromatic rings. The van der Waals surface area contributed by atoms with Crippen molar-refractivity contribution in [1.29, 1.82) is 0 Å². The maximum atomic E-state index is 13.8. The molecule has 1 atom stereocenters. The minimum Gasteiger partial charge on any atom is -0.337 e. The van der Waals surface area contributed by atoms with E-state index < -0.39 is 5.82 Å². The average molecular weight is 322 g/mol. The highest BCUT2D eigenvalue weighted by Crippen LogP contribution is 2.39. The second-order valence-electron chi connectivity index (χ2n) is 6.73. The van der Waals surface area contributed by atoms with E-state index in [-0.39, 0.29) is 17.3 Å². The van der Waals surface area contributed by atoms with Gasteiger partial charge in [0.15, 0.2) is 0 Å². The van der Waals surface area contributed by atoms with Crippen molar-refractivity contribution in [3.05, 3.63) is 35.4 Å². The fourth-order valence-electron chi connectivity index (χ4n) is 4.20. The molecule has 0 N–H and O–H groups in total. The monoisotopic (exact) mass is 322 g/mol. The van der Waals surface area contributed by atoms with E-state index in [1.807, 2.05) is 11.8 Å². The maximum absolute atomic E-state index is 13.8. The molecule has 2 heterocycles. The van der Waals surface area contributed by atoms with E-state index in [1.165, 1.54) is 12.1 Å². The van der Waals surface area contributed by atoms with Crippen molar-refractivity contribution in [1.82, 2.24) is 9.80 Å². The SMILES string of the molecule is CCN1C(=O)CC[C@@]12CCCN(Cc1cc(F)ccc1F)CC2. The van der Waals surface area contributed by atoms with Crippen LogP contribution >= 0.6 is 0 Å². The van der Waals surface area contributed by atoms with Gasteiger partial charge in [-0.2, -0.15) is 0 Å². The molecule has 0 bridgehead atoms.